The van der Waals surface area contributed by atoms with Gasteiger partial charge in [-0.1, -0.05) is 22.6 Å². The highest BCUT2D eigenvalue weighted by molar-refractivity contribution is 14.1. The van der Waals surface area contributed by atoms with Gasteiger partial charge >= 0.3 is 5.97 Å². The van der Waals surface area contributed by atoms with Gasteiger partial charge in [0.2, 0.25) is 0 Å². The lowest BCUT2D eigenvalue weighted by Gasteiger charge is -2.22. The predicted octanol–water partition coefficient (Wildman–Crippen LogP) is 0.815. The average molecular weight is 323 g/mol. The molecule has 2 aliphatic heterocycles. The predicted molar refractivity (Wildman–Crippen MR) is 62.9 cm³/mol. The van der Waals surface area contributed by atoms with Crippen molar-refractivity contribution in [2.24, 2.45) is 0 Å². The fourth-order valence-corrected chi connectivity index (χ4v) is 2.38. The number of fused-ring (bicyclic) bond motifs is 2. The molecule has 2 fully saturated rings. The van der Waals surface area contributed by atoms with Gasteiger partial charge in [0.15, 0.2) is 0 Å². The lowest BCUT2D eigenvalue weighted by atomic mass is 10.0. The number of carbonyl (C=O) groups is 2. The summed E-state index contributed by atoms with van der Waals surface area (Å²) in [7, 11) is 0. The Bertz CT molecular complexity index is 292. The zero-order valence-corrected chi connectivity index (χ0v) is 10.7. The minimum absolute atomic E-state index is 0.0512. The number of ether oxygens (including phenoxy) is 1. The molecule has 1 N–H and O–H groups in total. The van der Waals surface area contributed by atoms with Crippen molar-refractivity contribution in [2.75, 3.05) is 0 Å². The minimum atomic E-state index is -0.178. The van der Waals surface area contributed by atoms with Crippen molar-refractivity contribution in [1.82, 2.24) is 5.32 Å². The van der Waals surface area contributed by atoms with Crippen LogP contribution in [0, 0.1) is 0 Å². The zero-order chi connectivity index (χ0) is 11.0. The van der Waals surface area contributed by atoms with E-state index in [1.807, 2.05) is 29.5 Å². The van der Waals surface area contributed by atoms with E-state index < -0.39 is 0 Å². The smallest absolute Gasteiger partial charge is 0.318 e. The van der Waals surface area contributed by atoms with Gasteiger partial charge in [0.05, 0.1) is 6.04 Å². The fourth-order valence-electron chi connectivity index (χ4n) is 2.23. The van der Waals surface area contributed by atoms with E-state index in [9.17, 15) is 9.59 Å². The van der Waals surface area contributed by atoms with Crippen molar-refractivity contribution in [3.63, 3.8) is 0 Å². The minimum Gasteiger partial charge on any atom is -0.460 e. The number of hydrogen-bond acceptors (Lipinski definition) is 4. The Labute approximate surface area is 102 Å². The lowest BCUT2D eigenvalue weighted by molar-refractivity contribution is -0.148. The first-order chi connectivity index (χ1) is 7.06. The Balaban J connectivity index is 1.95. The molecule has 2 saturated heterocycles. The second kappa shape index (κ2) is 4.37. The van der Waals surface area contributed by atoms with Crippen molar-refractivity contribution >= 4 is 34.3 Å². The molecule has 84 valence electrons. The molecule has 2 bridgehead atoms. The maximum atomic E-state index is 11.4. The van der Waals surface area contributed by atoms with E-state index in [0.717, 1.165) is 6.42 Å². The highest BCUT2D eigenvalue weighted by atomic mass is 127. The summed E-state index contributed by atoms with van der Waals surface area (Å²) in [5.74, 6) is 0.104. The summed E-state index contributed by atoms with van der Waals surface area (Å²) in [4.78, 5) is 22.7. The van der Waals surface area contributed by atoms with Gasteiger partial charge < -0.3 is 10.1 Å². The van der Waals surface area contributed by atoms with E-state index in [-0.39, 0.29) is 33.9 Å². The topological polar surface area (TPSA) is 55.4 Å². The molecule has 0 amide bonds. The van der Waals surface area contributed by atoms with Gasteiger partial charge in [-0.15, -0.1) is 0 Å². The van der Waals surface area contributed by atoms with Crippen LogP contribution in [-0.4, -0.2) is 33.9 Å². The summed E-state index contributed by atoms with van der Waals surface area (Å²) >= 11 is 2.04. The van der Waals surface area contributed by atoms with Crippen LogP contribution in [0.25, 0.3) is 0 Å². The maximum absolute atomic E-state index is 11.4. The second-order valence-corrected chi connectivity index (χ2v) is 6.11. The molecule has 0 aliphatic carbocycles. The first kappa shape index (κ1) is 11.3. The second-order valence-electron chi connectivity index (χ2n) is 4.24. The van der Waals surface area contributed by atoms with Crippen LogP contribution in [0.1, 0.15) is 26.2 Å². The maximum Gasteiger partial charge on any atom is 0.318 e. The number of ketones is 1. The molecular weight excluding hydrogens is 309 g/mol. The fraction of sp³-hybridized carbons (Fsp3) is 0.800. The molecule has 2 aliphatic rings. The van der Waals surface area contributed by atoms with Gasteiger partial charge in [-0.2, -0.15) is 0 Å². The van der Waals surface area contributed by atoms with Crippen LogP contribution in [0.2, 0.25) is 0 Å². The number of alkyl halides is 1. The number of hydrogen-bond donors (Lipinski definition) is 1. The standard InChI is InChI=1S/C10H14INO3/c1-5(11)10(14)15-9-3-6-2-7(13)4-8(9)12-6/h5-6,8-9,12H,2-4H2,1H3. The van der Waals surface area contributed by atoms with Crippen molar-refractivity contribution in [3.05, 3.63) is 0 Å². The molecule has 0 aromatic carbocycles. The SMILES string of the molecule is CC(I)C(=O)OC1CC2CC(=O)CC1N2. The molecule has 5 heteroatoms. The van der Waals surface area contributed by atoms with Crippen LogP contribution >= 0.6 is 22.6 Å². The Morgan fingerprint density at radius 1 is 1.60 bits per heavy atom. The highest BCUT2D eigenvalue weighted by Crippen LogP contribution is 2.27. The molecule has 0 aromatic rings. The number of halogens is 1. The molecule has 4 nitrogen and oxygen atoms in total. The third-order valence-electron chi connectivity index (χ3n) is 2.93. The molecule has 0 saturated carbocycles. The van der Waals surface area contributed by atoms with Gasteiger partial charge in [-0.25, -0.2) is 0 Å². The van der Waals surface area contributed by atoms with Gasteiger partial charge in [-0.05, 0) is 6.92 Å². The summed E-state index contributed by atoms with van der Waals surface area (Å²) in [5.41, 5.74) is 0. The molecular formula is C10H14INO3. The number of esters is 1. The van der Waals surface area contributed by atoms with Crippen LogP contribution in [0.5, 0.6) is 0 Å². The summed E-state index contributed by atoms with van der Waals surface area (Å²) in [6.07, 6.45) is 1.77. The van der Waals surface area contributed by atoms with Crippen LogP contribution in [0.3, 0.4) is 0 Å². The van der Waals surface area contributed by atoms with E-state index in [1.165, 1.54) is 0 Å². The molecule has 2 heterocycles. The number of rotatable bonds is 2. The summed E-state index contributed by atoms with van der Waals surface area (Å²) in [6, 6.07) is 0.272. The van der Waals surface area contributed by atoms with Gasteiger partial charge in [-0.3, -0.25) is 9.59 Å². The summed E-state index contributed by atoms with van der Waals surface area (Å²) in [5, 5.41) is 3.31. The zero-order valence-electron chi connectivity index (χ0n) is 8.53. The molecule has 2 rings (SSSR count). The van der Waals surface area contributed by atoms with E-state index in [2.05, 4.69) is 5.32 Å². The van der Waals surface area contributed by atoms with Crippen molar-refractivity contribution in [1.29, 1.82) is 0 Å². The van der Waals surface area contributed by atoms with Crippen LogP contribution in [0.4, 0.5) is 0 Å². The largest absolute Gasteiger partial charge is 0.460 e. The Hall–Kier alpha value is -0.170. The number of carbonyl (C=O) groups excluding carboxylic acids is 2. The van der Waals surface area contributed by atoms with E-state index in [0.29, 0.717) is 12.8 Å². The lowest BCUT2D eigenvalue weighted by Crippen LogP contribution is -2.42. The Morgan fingerprint density at radius 2 is 2.33 bits per heavy atom. The molecule has 0 radical (unpaired) electrons. The molecule has 4 unspecified atom stereocenters. The first-order valence-electron chi connectivity index (χ1n) is 5.18. The van der Waals surface area contributed by atoms with Crippen LogP contribution < -0.4 is 5.32 Å². The monoisotopic (exact) mass is 323 g/mol. The molecule has 0 spiro atoms. The van der Waals surface area contributed by atoms with E-state index in [4.69, 9.17) is 4.74 Å². The van der Waals surface area contributed by atoms with E-state index in [1.54, 1.807) is 0 Å². The third-order valence-corrected chi connectivity index (χ3v) is 3.44. The molecule has 0 aromatic heterocycles. The Morgan fingerprint density at radius 3 is 3.00 bits per heavy atom. The molecule has 4 atom stereocenters. The van der Waals surface area contributed by atoms with Crippen molar-refractivity contribution in [3.8, 4) is 0 Å². The number of Topliss-reactive ketones (excluding diaryl/α,β-unsaturated/α-hetero) is 1. The number of nitrogens with one attached hydrogen (secondary N) is 1. The number of piperidine rings is 1. The average Bonchev–Trinajstić information content (AvgIpc) is 2.41. The Kier molecular flexibility index (Phi) is 3.30. The van der Waals surface area contributed by atoms with Gasteiger partial charge in [0.1, 0.15) is 15.8 Å². The summed E-state index contributed by atoms with van der Waals surface area (Å²) in [6.45, 7) is 1.81. The van der Waals surface area contributed by atoms with Gasteiger partial charge in [0.25, 0.3) is 0 Å². The normalized spacial score (nSPS) is 36.4. The first-order valence-corrected chi connectivity index (χ1v) is 6.43. The molecule has 15 heavy (non-hydrogen) atoms. The summed E-state index contributed by atoms with van der Waals surface area (Å²) < 4.78 is 5.25. The quantitative estimate of drug-likeness (QED) is 0.464. The van der Waals surface area contributed by atoms with Gasteiger partial charge in [0, 0.05) is 25.3 Å². The third kappa shape index (κ3) is 2.50. The van der Waals surface area contributed by atoms with Crippen LogP contribution in [-0.2, 0) is 14.3 Å². The van der Waals surface area contributed by atoms with Crippen molar-refractivity contribution in [2.45, 2.75) is 48.3 Å². The van der Waals surface area contributed by atoms with Crippen LogP contribution in [0.15, 0.2) is 0 Å². The van der Waals surface area contributed by atoms with E-state index >= 15 is 0 Å². The van der Waals surface area contributed by atoms with Crippen molar-refractivity contribution < 1.29 is 14.3 Å². The highest BCUT2D eigenvalue weighted by Gasteiger charge is 2.42.